The largest absolute Gasteiger partial charge is 0.381 e. The summed E-state index contributed by atoms with van der Waals surface area (Å²) in [6, 6.07) is 4.44. The van der Waals surface area contributed by atoms with Crippen LogP contribution in [-0.2, 0) is 9.53 Å². The number of rotatable bonds is 4. The molecule has 6 nitrogen and oxygen atoms in total. The minimum Gasteiger partial charge on any atom is -0.381 e. The fraction of sp³-hybridized carbons (Fsp3) is 0.462. The van der Waals surface area contributed by atoms with Crippen LogP contribution in [0.3, 0.4) is 0 Å². The molecule has 1 saturated heterocycles. The van der Waals surface area contributed by atoms with E-state index in [-0.39, 0.29) is 11.6 Å². The van der Waals surface area contributed by atoms with E-state index in [1.54, 1.807) is 6.07 Å². The minimum atomic E-state index is -0.474. The fourth-order valence-corrected chi connectivity index (χ4v) is 2.68. The number of amides is 1. The zero-order chi connectivity index (χ0) is 14.5. The molecule has 1 fully saturated rings. The number of benzene rings is 1. The number of nitrogens with zero attached hydrogens (tertiary/aromatic N) is 1. The molecule has 0 unspecified atom stereocenters. The van der Waals surface area contributed by atoms with Crippen molar-refractivity contribution in [2.45, 2.75) is 19.3 Å². The van der Waals surface area contributed by atoms with Gasteiger partial charge in [-0.3, -0.25) is 14.9 Å². The average molecular weight is 343 g/mol. The highest BCUT2D eigenvalue weighted by Gasteiger charge is 2.18. The Kier molecular flexibility index (Phi) is 5.08. The van der Waals surface area contributed by atoms with E-state index in [1.165, 1.54) is 12.1 Å². The van der Waals surface area contributed by atoms with Gasteiger partial charge in [-0.2, -0.15) is 0 Å². The molecular formula is C13H15BrN2O4. The summed E-state index contributed by atoms with van der Waals surface area (Å²) in [7, 11) is 0. The van der Waals surface area contributed by atoms with Crippen LogP contribution in [0.2, 0.25) is 0 Å². The summed E-state index contributed by atoms with van der Waals surface area (Å²) in [6.45, 7) is 1.42. The molecule has 108 valence electrons. The van der Waals surface area contributed by atoms with Crippen LogP contribution >= 0.6 is 15.9 Å². The van der Waals surface area contributed by atoms with Crippen LogP contribution < -0.4 is 5.32 Å². The van der Waals surface area contributed by atoms with Gasteiger partial charge in [0.1, 0.15) is 0 Å². The van der Waals surface area contributed by atoms with Crippen LogP contribution in [-0.4, -0.2) is 24.0 Å². The smallest absolute Gasteiger partial charge is 0.283 e. The number of carbonyl (C=O) groups is 1. The first-order chi connectivity index (χ1) is 9.56. The number of nitro groups is 1. The van der Waals surface area contributed by atoms with Gasteiger partial charge in [0.05, 0.1) is 9.40 Å². The lowest BCUT2D eigenvalue weighted by molar-refractivity contribution is -0.385. The third-order valence-electron chi connectivity index (χ3n) is 3.24. The zero-order valence-electron chi connectivity index (χ0n) is 10.8. The first kappa shape index (κ1) is 14.9. The highest BCUT2D eigenvalue weighted by Crippen LogP contribution is 2.28. The van der Waals surface area contributed by atoms with Gasteiger partial charge in [-0.15, -0.1) is 0 Å². The van der Waals surface area contributed by atoms with Crippen LogP contribution in [0, 0.1) is 16.0 Å². The second-order valence-electron chi connectivity index (χ2n) is 4.73. The lowest BCUT2D eigenvalue weighted by Gasteiger charge is -2.21. The Balaban J connectivity index is 1.93. The van der Waals surface area contributed by atoms with Crippen molar-refractivity contribution in [2.24, 2.45) is 5.92 Å². The predicted octanol–water partition coefficient (Wildman–Crippen LogP) is 3.11. The molecule has 0 radical (unpaired) electrons. The fourth-order valence-electron chi connectivity index (χ4n) is 2.16. The molecule has 1 aliphatic rings. The maximum absolute atomic E-state index is 11.9. The van der Waals surface area contributed by atoms with Gasteiger partial charge in [-0.1, -0.05) is 0 Å². The molecule has 0 bridgehead atoms. The molecule has 1 aliphatic heterocycles. The Morgan fingerprint density at radius 2 is 2.15 bits per heavy atom. The molecule has 20 heavy (non-hydrogen) atoms. The van der Waals surface area contributed by atoms with Gasteiger partial charge >= 0.3 is 0 Å². The Labute approximate surface area is 124 Å². The van der Waals surface area contributed by atoms with Gasteiger partial charge in [0, 0.05) is 31.4 Å². The monoisotopic (exact) mass is 342 g/mol. The molecule has 0 atom stereocenters. The number of nitro benzene ring substituents is 1. The molecule has 7 heteroatoms. The predicted molar refractivity (Wildman–Crippen MR) is 77.6 cm³/mol. The van der Waals surface area contributed by atoms with Crippen molar-refractivity contribution in [3.05, 3.63) is 32.8 Å². The second kappa shape index (κ2) is 6.81. The second-order valence-corrected chi connectivity index (χ2v) is 5.59. The molecule has 0 saturated carbocycles. The third kappa shape index (κ3) is 4.01. The number of nitrogens with one attached hydrogen (secondary N) is 1. The van der Waals surface area contributed by atoms with E-state index in [0.717, 1.165) is 12.8 Å². The quantitative estimate of drug-likeness (QED) is 0.673. The Bertz CT molecular complexity index is 515. The van der Waals surface area contributed by atoms with Crippen molar-refractivity contribution in [1.82, 2.24) is 0 Å². The lowest BCUT2D eigenvalue weighted by atomic mass is 9.96. The van der Waals surface area contributed by atoms with E-state index in [1.807, 2.05) is 0 Å². The summed E-state index contributed by atoms with van der Waals surface area (Å²) >= 11 is 3.13. The Morgan fingerprint density at radius 1 is 1.45 bits per heavy atom. The van der Waals surface area contributed by atoms with Gasteiger partial charge in [-0.25, -0.2) is 0 Å². The third-order valence-corrected chi connectivity index (χ3v) is 3.88. The standard InChI is InChI=1S/C13H15BrN2O4/c14-11-8-10(1-2-12(11)16(18)19)15-13(17)7-9-3-5-20-6-4-9/h1-2,8-9H,3-7H2,(H,15,17). The molecular weight excluding hydrogens is 328 g/mol. The summed E-state index contributed by atoms with van der Waals surface area (Å²) in [5.74, 6) is 0.280. The SMILES string of the molecule is O=C(CC1CCOCC1)Nc1ccc([N+](=O)[O-])c(Br)c1. The highest BCUT2D eigenvalue weighted by atomic mass is 79.9. The number of ether oxygens (including phenoxy) is 1. The Hall–Kier alpha value is -1.47. The van der Waals surface area contributed by atoms with Crippen molar-refractivity contribution < 1.29 is 14.5 Å². The van der Waals surface area contributed by atoms with Crippen molar-refractivity contribution in [3.8, 4) is 0 Å². The lowest BCUT2D eigenvalue weighted by Crippen LogP contribution is -2.22. The molecule has 2 rings (SSSR count). The van der Waals surface area contributed by atoms with Crippen molar-refractivity contribution >= 4 is 33.2 Å². The first-order valence-electron chi connectivity index (χ1n) is 6.38. The highest BCUT2D eigenvalue weighted by molar-refractivity contribution is 9.10. The topological polar surface area (TPSA) is 81.5 Å². The van der Waals surface area contributed by atoms with Crippen LogP contribution in [0.1, 0.15) is 19.3 Å². The van der Waals surface area contributed by atoms with Gasteiger partial charge in [0.15, 0.2) is 0 Å². The normalized spacial score (nSPS) is 15.8. The zero-order valence-corrected chi connectivity index (χ0v) is 12.4. The van der Waals surface area contributed by atoms with Crippen molar-refractivity contribution in [2.75, 3.05) is 18.5 Å². The number of anilines is 1. The summed E-state index contributed by atoms with van der Waals surface area (Å²) < 4.78 is 5.60. The van der Waals surface area contributed by atoms with E-state index < -0.39 is 4.92 Å². The minimum absolute atomic E-state index is 0.0209. The first-order valence-corrected chi connectivity index (χ1v) is 7.17. The maximum Gasteiger partial charge on any atom is 0.283 e. The summed E-state index contributed by atoms with van der Waals surface area (Å²) in [5, 5.41) is 13.5. The summed E-state index contributed by atoms with van der Waals surface area (Å²) in [6.07, 6.45) is 2.26. The van der Waals surface area contributed by atoms with Crippen molar-refractivity contribution in [1.29, 1.82) is 0 Å². The van der Waals surface area contributed by atoms with Crippen LogP contribution in [0.5, 0.6) is 0 Å². The molecule has 0 aliphatic carbocycles. The number of halogens is 1. The van der Waals surface area contributed by atoms with Gasteiger partial charge < -0.3 is 10.1 Å². The molecule has 1 N–H and O–H groups in total. The van der Waals surface area contributed by atoms with Crippen LogP contribution in [0.15, 0.2) is 22.7 Å². The van der Waals surface area contributed by atoms with E-state index in [0.29, 0.717) is 35.7 Å². The molecule has 1 aromatic rings. The number of hydrogen-bond donors (Lipinski definition) is 1. The van der Waals surface area contributed by atoms with Crippen LogP contribution in [0.4, 0.5) is 11.4 Å². The number of carbonyl (C=O) groups excluding carboxylic acids is 1. The van der Waals surface area contributed by atoms with Crippen molar-refractivity contribution in [3.63, 3.8) is 0 Å². The van der Waals surface area contributed by atoms with E-state index in [9.17, 15) is 14.9 Å². The summed E-state index contributed by atoms with van der Waals surface area (Å²) in [5.41, 5.74) is 0.534. The van der Waals surface area contributed by atoms with E-state index in [2.05, 4.69) is 21.2 Å². The molecule has 0 aromatic heterocycles. The summed E-state index contributed by atoms with van der Waals surface area (Å²) in [4.78, 5) is 22.1. The van der Waals surface area contributed by atoms with Gasteiger partial charge in [0.2, 0.25) is 5.91 Å². The van der Waals surface area contributed by atoms with E-state index in [4.69, 9.17) is 4.74 Å². The molecule has 1 amide bonds. The molecule has 1 aromatic carbocycles. The Morgan fingerprint density at radius 3 is 2.75 bits per heavy atom. The average Bonchev–Trinajstić information content (AvgIpc) is 2.39. The van der Waals surface area contributed by atoms with Crippen LogP contribution in [0.25, 0.3) is 0 Å². The number of hydrogen-bond acceptors (Lipinski definition) is 4. The maximum atomic E-state index is 11.9. The van der Waals surface area contributed by atoms with Gasteiger partial charge in [-0.05, 0) is 46.8 Å². The molecule has 1 heterocycles. The van der Waals surface area contributed by atoms with E-state index >= 15 is 0 Å². The van der Waals surface area contributed by atoms with Gasteiger partial charge in [0.25, 0.3) is 5.69 Å². The molecule has 0 spiro atoms.